The monoisotopic (exact) mass is 444 g/mol. The molecule has 2 rings (SSSR count). The number of hydrogen-bond acceptors (Lipinski definition) is 6. The first kappa shape index (κ1) is 23.7. The second-order valence-electron chi connectivity index (χ2n) is 7.53. The van der Waals surface area contributed by atoms with E-state index in [0.717, 1.165) is 31.4 Å². The van der Waals surface area contributed by atoms with Crippen LogP contribution < -0.4 is 10.2 Å². The van der Waals surface area contributed by atoms with E-state index in [0.29, 0.717) is 24.4 Å². The van der Waals surface area contributed by atoms with Gasteiger partial charge in [-0.05, 0) is 43.5 Å². The van der Waals surface area contributed by atoms with E-state index in [9.17, 15) is 21.6 Å². The van der Waals surface area contributed by atoms with Crippen LogP contribution in [0.1, 0.15) is 46.0 Å². The molecule has 1 aliphatic heterocycles. The number of nitrogens with zero attached hydrogens (tertiary/aromatic N) is 1. The van der Waals surface area contributed by atoms with Crippen molar-refractivity contribution >= 4 is 31.3 Å². The first-order valence-corrected chi connectivity index (χ1v) is 13.7. The average Bonchev–Trinajstić information content (AvgIpc) is 2.68. The standard InChI is InChI=1S/C20H32N2O5S2/c1-3-5-6-15-28(24,25)16-20(23)21-17-11-13-22(14-12-17)18-7-9-19(10-8-18)29(26,27)4-2/h7-10,17H,3-6,11-16H2,1-2H3,(H,21,23). The molecular formula is C20H32N2O5S2. The number of benzene rings is 1. The molecule has 164 valence electrons. The number of carbonyl (C=O) groups excluding carboxylic acids is 1. The van der Waals surface area contributed by atoms with Crippen LogP contribution in [0, 0.1) is 0 Å². The molecule has 0 unspecified atom stereocenters. The third kappa shape index (κ3) is 7.29. The van der Waals surface area contributed by atoms with Crippen molar-refractivity contribution in [3.63, 3.8) is 0 Å². The van der Waals surface area contributed by atoms with E-state index in [2.05, 4.69) is 10.2 Å². The fourth-order valence-corrected chi connectivity index (χ4v) is 5.58. The van der Waals surface area contributed by atoms with Gasteiger partial charge in [0, 0.05) is 24.8 Å². The maximum atomic E-state index is 12.1. The van der Waals surface area contributed by atoms with E-state index in [1.165, 1.54) is 0 Å². The van der Waals surface area contributed by atoms with E-state index in [4.69, 9.17) is 0 Å². The van der Waals surface area contributed by atoms with E-state index in [1.54, 1.807) is 19.1 Å². The Morgan fingerprint density at radius 1 is 1.03 bits per heavy atom. The van der Waals surface area contributed by atoms with Crippen LogP contribution in [0.2, 0.25) is 0 Å². The van der Waals surface area contributed by atoms with Crippen LogP contribution in [0.3, 0.4) is 0 Å². The molecular weight excluding hydrogens is 412 g/mol. The third-order valence-electron chi connectivity index (χ3n) is 5.21. The molecule has 1 N–H and O–H groups in total. The molecule has 9 heteroatoms. The fraction of sp³-hybridized carbons (Fsp3) is 0.650. The molecule has 1 aliphatic rings. The fourth-order valence-electron chi connectivity index (χ4n) is 3.43. The SMILES string of the molecule is CCCCCS(=O)(=O)CC(=O)NC1CCN(c2ccc(S(=O)(=O)CC)cc2)CC1. The number of amides is 1. The molecule has 0 radical (unpaired) electrons. The summed E-state index contributed by atoms with van der Waals surface area (Å²) in [5.74, 6) is -0.721. The summed E-state index contributed by atoms with van der Waals surface area (Å²) in [6.45, 7) is 5.06. The maximum absolute atomic E-state index is 12.1. The van der Waals surface area contributed by atoms with Crippen LogP contribution >= 0.6 is 0 Å². The Bertz CT molecular complexity index is 872. The van der Waals surface area contributed by atoms with Crippen molar-refractivity contribution in [3.8, 4) is 0 Å². The molecule has 0 atom stereocenters. The minimum Gasteiger partial charge on any atom is -0.371 e. The van der Waals surface area contributed by atoms with Gasteiger partial charge in [0.25, 0.3) is 0 Å². The van der Waals surface area contributed by atoms with E-state index in [-0.39, 0.29) is 17.5 Å². The molecule has 0 saturated carbocycles. The Morgan fingerprint density at radius 2 is 1.66 bits per heavy atom. The lowest BCUT2D eigenvalue weighted by atomic mass is 10.0. The quantitative estimate of drug-likeness (QED) is 0.555. The van der Waals surface area contributed by atoms with Gasteiger partial charge in [-0.15, -0.1) is 0 Å². The molecule has 1 aromatic carbocycles. The second-order valence-corrected chi connectivity index (χ2v) is 12.0. The van der Waals surface area contributed by atoms with Gasteiger partial charge < -0.3 is 10.2 Å². The summed E-state index contributed by atoms with van der Waals surface area (Å²) in [4.78, 5) is 14.6. The Balaban J connectivity index is 1.82. The zero-order valence-electron chi connectivity index (χ0n) is 17.3. The number of piperidine rings is 1. The smallest absolute Gasteiger partial charge is 0.235 e. The highest BCUT2D eigenvalue weighted by atomic mass is 32.2. The summed E-state index contributed by atoms with van der Waals surface area (Å²) < 4.78 is 47.8. The van der Waals surface area contributed by atoms with E-state index in [1.807, 2.05) is 19.1 Å². The molecule has 1 fully saturated rings. The largest absolute Gasteiger partial charge is 0.371 e. The van der Waals surface area contributed by atoms with Gasteiger partial charge in [0.2, 0.25) is 5.91 Å². The minimum atomic E-state index is -3.35. The topological polar surface area (TPSA) is 101 Å². The number of nitrogens with one attached hydrogen (secondary N) is 1. The molecule has 0 spiro atoms. The normalized spacial score (nSPS) is 16.0. The number of anilines is 1. The first-order valence-electron chi connectivity index (χ1n) is 10.2. The Labute approximate surface area is 174 Å². The van der Waals surface area contributed by atoms with Crippen LogP contribution in [0.4, 0.5) is 5.69 Å². The van der Waals surface area contributed by atoms with Crippen LogP contribution in [0.25, 0.3) is 0 Å². The molecule has 0 aliphatic carbocycles. The highest BCUT2D eigenvalue weighted by Gasteiger charge is 2.23. The Hall–Kier alpha value is -1.61. The summed E-state index contributed by atoms with van der Waals surface area (Å²) in [7, 11) is -6.55. The lowest BCUT2D eigenvalue weighted by Gasteiger charge is -2.34. The van der Waals surface area contributed by atoms with Crippen molar-refractivity contribution in [2.45, 2.75) is 56.9 Å². The van der Waals surface area contributed by atoms with Crippen molar-refractivity contribution in [3.05, 3.63) is 24.3 Å². The van der Waals surface area contributed by atoms with Crippen molar-refractivity contribution in [1.82, 2.24) is 5.32 Å². The zero-order chi connectivity index (χ0) is 21.5. The van der Waals surface area contributed by atoms with Crippen molar-refractivity contribution in [2.75, 3.05) is 35.2 Å². The number of unbranched alkanes of at least 4 members (excludes halogenated alkanes) is 2. The van der Waals surface area contributed by atoms with Crippen LogP contribution in [-0.2, 0) is 24.5 Å². The summed E-state index contributed by atoms with van der Waals surface area (Å²) in [6, 6.07) is 6.84. The van der Waals surface area contributed by atoms with Crippen LogP contribution in [0.5, 0.6) is 0 Å². The number of carbonyl (C=O) groups is 1. The van der Waals surface area contributed by atoms with Gasteiger partial charge in [-0.3, -0.25) is 4.79 Å². The molecule has 1 heterocycles. The van der Waals surface area contributed by atoms with E-state index < -0.39 is 31.3 Å². The molecule has 1 aromatic rings. The molecule has 1 saturated heterocycles. The van der Waals surface area contributed by atoms with Gasteiger partial charge in [0.15, 0.2) is 19.7 Å². The number of hydrogen-bond donors (Lipinski definition) is 1. The Kier molecular flexibility index (Phi) is 8.51. The van der Waals surface area contributed by atoms with Gasteiger partial charge >= 0.3 is 0 Å². The average molecular weight is 445 g/mol. The van der Waals surface area contributed by atoms with Crippen molar-refractivity contribution < 1.29 is 21.6 Å². The molecule has 0 bridgehead atoms. The summed E-state index contributed by atoms with van der Waals surface area (Å²) >= 11 is 0. The first-order chi connectivity index (χ1) is 13.7. The minimum absolute atomic E-state index is 0.0377. The lowest BCUT2D eigenvalue weighted by Crippen LogP contribution is -2.46. The van der Waals surface area contributed by atoms with Gasteiger partial charge in [-0.25, -0.2) is 16.8 Å². The van der Waals surface area contributed by atoms with E-state index >= 15 is 0 Å². The Morgan fingerprint density at radius 3 is 2.21 bits per heavy atom. The summed E-state index contributed by atoms with van der Waals surface area (Å²) in [5.41, 5.74) is 0.948. The van der Waals surface area contributed by atoms with Crippen LogP contribution in [-0.4, -0.2) is 59.1 Å². The predicted molar refractivity (Wildman–Crippen MR) is 116 cm³/mol. The highest BCUT2D eigenvalue weighted by molar-refractivity contribution is 7.92. The number of rotatable bonds is 10. The van der Waals surface area contributed by atoms with Crippen molar-refractivity contribution in [1.29, 1.82) is 0 Å². The van der Waals surface area contributed by atoms with Gasteiger partial charge in [-0.2, -0.15) is 0 Å². The number of sulfone groups is 2. The van der Waals surface area contributed by atoms with Gasteiger partial charge in [-0.1, -0.05) is 26.7 Å². The summed E-state index contributed by atoms with van der Waals surface area (Å²) in [6.07, 6.45) is 3.83. The molecule has 1 amide bonds. The maximum Gasteiger partial charge on any atom is 0.235 e. The highest BCUT2D eigenvalue weighted by Crippen LogP contribution is 2.22. The van der Waals surface area contributed by atoms with Gasteiger partial charge in [0.1, 0.15) is 5.75 Å². The zero-order valence-corrected chi connectivity index (χ0v) is 18.9. The third-order valence-corrected chi connectivity index (χ3v) is 8.57. The molecule has 29 heavy (non-hydrogen) atoms. The second kappa shape index (κ2) is 10.4. The lowest BCUT2D eigenvalue weighted by molar-refractivity contribution is -0.119. The molecule has 7 nitrogen and oxygen atoms in total. The predicted octanol–water partition coefficient (Wildman–Crippen LogP) is 2.17. The van der Waals surface area contributed by atoms with Gasteiger partial charge in [0.05, 0.1) is 16.4 Å². The molecule has 0 aromatic heterocycles. The van der Waals surface area contributed by atoms with Crippen LogP contribution in [0.15, 0.2) is 29.2 Å². The summed E-state index contributed by atoms with van der Waals surface area (Å²) in [5, 5.41) is 2.85. The van der Waals surface area contributed by atoms with Crippen molar-refractivity contribution in [2.24, 2.45) is 0 Å².